The summed E-state index contributed by atoms with van der Waals surface area (Å²) in [7, 11) is 0. The molecule has 1 heterocycles. The summed E-state index contributed by atoms with van der Waals surface area (Å²) in [5.74, 6) is -1.19. The highest BCUT2D eigenvalue weighted by atomic mass is 19.1. The fourth-order valence-corrected chi connectivity index (χ4v) is 2.64. The summed E-state index contributed by atoms with van der Waals surface area (Å²) in [4.78, 5) is 14.4. The van der Waals surface area contributed by atoms with Gasteiger partial charge in [-0.2, -0.15) is 0 Å². The largest absolute Gasteiger partial charge is 0.507 e. The first kappa shape index (κ1) is 12.4. The van der Waals surface area contributed by atoms with E-state index in [1.165, 1.54) is 25.0 Å². The SMILES string of the molecule is O=C(NC1CCN(C2CC2)C1)c1ccc(F)cc1O. The second-order valence-electron chi connectivity index (χ2n) is 5.35. The lowest BCUT2D eigenvalue weighted by Gasteiger charge is -2.16. The molecular weight excluding hydrogens is 247 g/mol. The summed E-state index contributed by atoms with van der Waals surface area (Å²) in [5.41, 5.74) is 0.131. The Hall–Kier alpha value is -1.62. The van der Waals surface area contributed by atoms with Crippen molar-refractivity contribution in [1.29, 1.82) is 0 Å². The van der Waals surface area contributed by atoms with Gasteiger partial charge in [0.1, 0.15) is 11.6 Å². The summed E-state index contributed by atoms with van der Waals surface area (Å²) in [6.45, 7) is 1.89. The van der Waals surface area contributed by atoms with Crippen LogP contribution in [-0.4, -0.2) is 41.1 Å². The third-order valence-corrected chi connectivity index (χ3v) is 3.82. The van der Waals surface area contributed by atoms with Crippen molar-refractivity contribution in [3.8, 4) is 5.75 Å². The molecule has 1 unspecified atom stereocenters. The van der Waals surface area contributed by atoms with Crippen LogP contribution in [0.15, 0.2) is 18.2 Å². The van der Waals surface area contributed by atoms with E-state index in [2.05, 4.69) is 10.2 Å². The van der Waals surface area contributed by atoms with Gasteiger partial charge in [0.05, 0.1) is 5.56 Å². The van der Waals surface area contributed by atoms with E-state index in [1.54, 1.807) is 0 Å². The summed E-state index contributed by atoms with van der Waals surface area (Å²) >= 11 is 0. The molecule has 1 aliphatic heterocycles. The van der Waals surface area contributed by atoms with Crippen molar-refractivity contribution in [3.63, 3.8) is 0 Å². The first-order valence-corrected chi connectivity index (χ1v) is 6.67. The number of halogens is 1. The van der Waals surface area contributed by atoms with E-state index in [4.69, 9.17) is 0 Å². The number of benzene rings is 1. The third kappa shape index (κ3) is 2.71. The molecule has 2 N–H and O–H groups in total. The maximum absolute atomic E-state index is 12.9. The van der Waals surface area contributed by atoms with Gasteiger partial charge in [0, 0.05) is 31.2 Å². The Labute approximate surface area is 111 Å². The van der Waals surface area contributed by atoms with Crippen molar-refractivity contribution in [2.75, 3.05) is 13.1 Å². The van der Waals surface area contributed by atoms with Gasteiger partial charge in [-0.3, -0.25) is 9.69 Å². The summed E-state index contributed by atoms with van der Waals surface area (Å²) < 4.78 is 12.9. The van der Waals surface area contributed by atoms with Crippen molar-refractivity contribution in [1.82, 2.24) is 10.2 Å². The molecule has 0 aromatic heterocycles. The van der Waals surface area contributed by atoms with Gasteiger partial charge >= 0.3 is 0 Å². The van der Waals surface area contributed by atoms with E-state index < -0.39 is 5.82 Å². The molecule has 2 aliphatic rings. The van der Waals surface area contributed by atoms with Crippen LogP contribution in [0.5, 0.6) is 5.75 Å². The first-order valence-electron chi connectivity index (χ1n) is 6.67. The van der Waals surface area contributed by atoms with Crippen LogP contribution in [0, 0.1) is 5.82 Å². The zero-order valence-electron chi connectivity index (χ0n) is 10.6. The van der Waals surface area contributed by atoms with Gasteiger partial charge in [0.15, 0.2) is 0 Å². The van der Waals surface area contributed by atoms with Crippen LogP contribution < -0.4 is 5.32 Å². The normalized spacial score (nSPS) is 23.5. The maximum Gasteiger partial charge on any atom is 0.255 e. The number of nitrogens with one attached hydrogen (secondary N) is 1. The molecule has 1 saturated heterocycles. The maximum atomic E-state index is 12.9. The smallest absolute Gasteiger partial charge is 0.255 e. The molecule has 1 saturated carbocycles. The van der Waals surface area contributed by atoms with Crippen molar-refractivity contribution >= 4 is 5.91 Å². The van der Waals surface area contributed by atoms with E-state index in [0.717, 1.165) is 25.6 Å². The topological polar surface area (TPSA) is 52.6 Å². The number of carbonyl (C=O) groups excluding carboxylic acids is 1. The van der Waals surface area contributed by atoms with Gasteiger partial charge in [-0.25, -0.2) is 4.39 Å². The van der Waals surface area contributed by atoms with Crippen LogP contribution in [0.1, 0.15) is 29.6 Å². The molecule has 2 fully saturated rings. The first-order chi connectivity index (χ1) is 9.13. The summed E-state index contributed by atoms with van der Waals surface area (Å²) in [6.07, 6.45) is 3.46. The number of phenols is 1. The Morgan fingerprint density at radius 1 is 1.37 bits per heavy atom. The van der Waals surface area contributed by atoms with Gasteiger partial charge in [0.25, 0.3) is 5.91 Å². The zero-order chi connectivity index (χ0) is 13.4. The highest BCUT2D eigenvalue weighted by molar-refractivity contribution is 5.96. The Morgan fingerprint density at radius 3 is 2.84 bits per heavy atom. The van der Waals surface area contributed by atoms with Gasteiger partial charge in [-0.1, -0.05) is 0 Å². The minimum atomic E-state index is -0.546. The average molecular weight is 264 g/mol. The van der Waals surface area contributed by atoms with Gasteiger partial charge in [-0.15, -0.1) is 0 Å². The van der Waals surface area contributed by atoms with E-state index in [-0.39, 0.29) is 23.3 Å². The minimum Gasteiger partial charge on any atom is -0.507 e. The second-order valence-corrected chi connectivity index (χ2v) is 5.35. The number of rotatable bonds is 3. The van der Waals surface area contributed by atoms with E-state index in [1.807, 2.05) is 0 Å². The van der Waals surface area contributed by atoms with Crippen molar-refractivity contribution in [2.45, 2.75) is 31.3 Å². The number of hydrogen-bond donors (Lipinski definition) is 2. The highest BCUT2D eigenvalue weighted by Crippen LogP contribution is 2.30. The second kappa shape index (κ2) is 4.81. The number of amides is 1. The van der Waals surface area contributed by atoms with Crippen LogP contribution in [0.2, 0.25) is 0 Å². The molecule has 102 valence electrons. The lowest BCUT2D eigenvalue weighted by molar-refractivity contribution is 0.0935. The quantitative estimate of drug-likeness (QED) is 0.870. The number of aromatic hydroxyl groups is 1. The molecule has 5 heteroatoms. The molecule has 1 aromatic rings. The van der Waals surface area contributed by atoms with Crippen molar-refractivity contribution in [3.05, 3.63) is 29.6 Å². The zero-order valence-corrected chi connectivity index (χ0v) is 10.6. The summed E-state index contributed by atoms with van der Waals surface area (Å²) in [6, 6.07) is 4.28. The molecule has 1 atom stereocenters. The fourth-order valence-electron chi connectivity index (χ4n) is 2.64. The molecule has 19 heavy (non-hydrogen) atoms. The third-order valence-electron chi connectivity index (χ3n) is 3.82. The van der Waals surface area contributed by atoms with Crippen LogP contribution in [0.25, 0.3) is 0 Å². The number of hydrogen-bond acceptors (Lipinski definition) is 3. The van der Waals surface area contributed by atoms with E-state index in [0.29, 0.717) is 6.04 Å². The number of phenolic OH excluding ortho intramolecular Hbond substituents is 1. The highest BCUT2D eigenvalue weighted by Gasteiger charge is 2.34. The Morgan fingerprint density at radius 2 is 2.16 bits per heavy atom. The minimum absolute atomic E-state index is 0.123. The Balaban J connectivity index is 1.61. The molecule has 1 amide bonds. The van der Waals surface area contributed by atoms with Crippen LogP contribution in [0.4, 0.5) is 4.39 Å². The fraction of sp³-hybridized carbons (Fsp3) is 0.500. The van der Waals surface area contributed by atoms with Crippen molar-refractivity contribution < 1.29 is 14.3 Å². The lowest BCUT2D eigenvalue weighted by Crippen LogP contribution is -2.37. The Kier molecular flexibility index (Phi) is 3.14. The molecule has 0 spiro atoms. The standard InChI is InChI=1S/C14H17FN2O2/c15-9-1-4-12(13(18)7-9)14(19)16-10-5-6-17(8-10)11-2-3-11/h1,4,7,10-11,18H,2-3,5-6,8H2,(H,16,19). The van der Waals surface area contributed by atoms with Crippen LogP contribution in [0.3, 0.4) is 0 Å². The van der Waals surface area contributed by atoms with Gasteiger partial charge in [-0.05, 0) is 31.4 Å². The predicted octanol–water partition coefficient (Wildman–Crippen LogP) is 1.50. The predicted molar refractivity (Wildman–Crippen MR) is 68.5 cm³/mol. The number of nitrogens with zero attached hydrogens (tertiary/aromatic N) is 1. The molecule has 3 rings (SSSR count). The van der Waals surface area contributed by atoms with Crippen molar-refractivity contribution in [2.24, 2.45) is 0 Å². The number of likely N-dealkylation sites (tertiary alicyclic amines) is 1. The molecule has 1 aromatic carbocycles. The van der Waals surface area contributed by atoms with Gasteiger partial charge in [0.2, 0.25) is 0 Å². The Bertz CT molecular complexity index is 502. The monoisotopic (exact) mass is 264 g/mol. The molecule has 0 radical (unpaired) electrons. The summed E-state index contributed by atoms with van der Waals surface area (Å²) in [5, 5.41) is 12.5. The van der Waals surface area contributed by atoms with Gasteiger partial charge < -0.3 is 10.4 Å². The molecular formula is C14H17FN2O2. The van der Waals surface area contributed by atoms with E-state index >= 15 is 0 Å². The van der Waals surface area contributed by atoms with E-state index in [9.17, 15) is 14.3 Å². The average Bonchev–Trinajstić information content (AvgIpc) is 3.10. The lowest BCUT2D eigenvalue weighted by atomic mass is 10.1. The molecule has 0 bridgehead atoms. The van der Waals surface area contributed by atoms with Crippen LogP contribution in [-0.2, 0) is 0 Å². The number of carbonyl (C=O) groups is 1. The molecule has 1 aliphatic carbocycles. The van der Waals surface area contributed by atoms with Crippen LogP contribution >= 0.6 is 0 Å². The molecule has 4 nitrogen and oxygen atoms in total.